The number of carbonyl (C=O) groups is 2. The molecule has 0 atom stereocenters. The van der Waals surface area contributed by atoms with E-state index in [1.807, 2.05) is 6.07 Å². The zero-order valence-corrected chi connectivity index (χ0v) is 10.1. The average molecular weight is 262 g/mol. The van der Waals surface area contributed by atoms with E-state index in [0.717, 1.165) is 17.0 Å². The van der Waals surface area contributed by atoms with Crippen LogP contribution in [0.3, 0.4) is 0 Å². The Kier molecular flexibility index (Phi) is 5.48. The van der Waals surface area contributed by atoms with Gasteiger partial charge in [-0.2, -0.15) is 5.26 Å². The lowest BCUT2D eigenvalue weighted by molar-refractivity contribution is -0.131. The number of aliphatic carboxylic acids is 1. The van der Waals surface area contributed by atoms with Crippen LogP contribution in [0.5, 0.6) is 0 Å². The second-order valence-corrected chi connectivity index (χ2v) is 4.18. The van der Waals surface area contributed by atoms with Crippen molar-refractivity contribution in [2.45, 2.75) is 4.90 Å². The van der Waals surface area contributed by atoms with Crippen molar-refractivity contribution in [3.8, 4) is 6.07 Å². The summed E-state index contributed by atoms with van der Waals surface area (Å²) in [5.41, 5.74) is 0.566. The highest BCUT2D eigenvalue weighted by Gasteiger charge is 1.99. The van der Waals surface area contributed by atoms with Crippen molar-refractivity contribution in [1.82, 2.24) is 0 Å². The third kappa shape index (κ3) is 5.18. The second kappa shape index (κ2) is 7.14. The lowest BCUT2D eigenvalue weighted by Gasteiger charge is -2.03. The minimum Gasteiger partial charge on any atom is -0.478 e. The van der Waals surface area contributed by atoms with E-state index in [1.54, 1.807) is 24.3 Å². The molecule has 0 aliphatic carbocycles. The predicted octanol–water partition coefficient (Wildman–Crippen LogP) is 1.88. The highest BCUT2D eigenvalue weighted by atomic mass is 32.2. The fourth-order valence-electron chi connectivity index (χ4n) is 1.08. The van der Waals surface area contributed by atoms with E-state index in [1.165, 1.54) is 11.8 Å². The number of carboxylic acids is 1. The number of anilines is 1. The molecule has 6 heteroatoms. The monoisotopic (exact) mass is 262 g/mol. The molecule has 2 N–H and O–H groups in total. The number of nitrogens with zero attached hydrogens (tertiary/aromatic N) is 1. The molecule has 1 aromatic rings. The molecule has 92 valence electrons. The molecule has 18 heavy (non-hydrogen) atoms. The summed E-state index contributed by atoms with van der Waals surface area (Å²) in [4.78, 5) is 22.4. The molecule has 5 nitrogen and oxygen atoms in total. The standard InChI is InChI=1S/C12H10N2O3S/c13-7-8-18-10-3-1-9(2-4-10)14-11(15)5-6-12(16)17/h1-6H,8H2,(H,14,15)(H,16,17)/b6-5+. The summed E-state index contributed by atoms with van der Waals surface area (Å²) in [6, 6.07) is 8.94. The van der Waals surface area contributed by atoms with Crippen LogP contribution in [0.15, 0.2) is 41.3 Å². The van der Waals surface area contributed by atoms with Crippen LogP contribution in [0.1, 0.15) is 0 Å². The number of hydrogen-bond donors (Lipinski definition) is 2. The van der Waals surface area contributed by atoms with E-state index < -0.39 is 11.9 Å². The van der Waals surface area contributed by atoms with Crippen molar-refractivity contribution in [1.29, 1.82) is 5.26 Å². The largest absolute Gasteiger partial charge is 0.478 e. The minimum atomic E-state index is -1.17. The van der Waals surface area contributed by atoms with Gasteiger partial charge < -0.3 is 10.4 Å². The van der Waals surface area contributed by atoms with Crippen LogP contribution < -0.4 is 5.32 Å². The molecule has 1 aromatic carbocycles. The topological polar surface area (TPSA) is 90.2 Å². The lowest BCUT2D eigenvalue weighted by Crippen LogP contribution is -2.08. The molecule has 0 unspecified atom stereocenters. The van der Waals surface area contributed by atoms with Crippen LogP contribution in [0.4, 0.5) is 5.69 Å². The van der Waals surface area contributed by atoms with Crippen molar-refractivity contribution in [3.63, 3.8) is 0 Å². The van der Waals surface area contributed by atoms with Crippen molar-refractivity contribution in [2.24, 2.45) is 0 Å². The van der Waals surface area contributed by atoms with E-state index >= 15 is 0 Å². The average Bonchev–Trinajstić information content (AvgIpc) is 2.35. The first-order valence-electron chi connectivity index (χ1n) is 4.93. The summed E-state index contributed by atoms with van der Waals surface area (Å²) in [6.07, 6.45) is 1.72. The van der Waals surface area contributed by atoms with Crippen LogP contribution in [0, 0.1) is 11.3 Å². The van der Waals surface area contributed by atoms with Gasteiger partial charge in [0.1, 0.15) is 0 Å². The number of carbonyl (C=O) groups excluding carboxylic acids is 1. The van der Waals surface area contributed by atoms with E-state index in [2.05, 4.69) is 5.32 Å². The van der Waals surface area contributed by atoms with E-state index in [4.69, 9.17) is 10.4 Å². The van der Waals surface area contributed by atoms with Crippen LogP contribution in [0.2, 0.25) is 0 Å². The minimum absolute atomic E-state index is 0.368. The number of amides is 1. The van der Waals surface area contributed by atoms with Gasteiger partial charge in [-0.15, -0.1) is 11.8 Å². The maximum Gasteiger partial charge on any atom is 0.328 e. The summed E-state index contributed by atoms with van der Waals surface area (Å²) in [5.74, 6) is -1.31. The molecule has 1 amide bonds. The van der Waals surface area contributed by atoms with Crippen LogP contribution >= 0.6 is 11.8 Å². The molecule has 0 spiro atoms. The summed E-state index contributed by atoms with van der Waals surface area (Å²) in [7, 11) is 0. The predicted molar refractivity (Wildman–Crippen MR) is 68.2 cm³/mol. The van der Waals surface area contributed by atoms with E-state index in [-0.39, 0.29) is 0 Å². The summed E-state index contributed by atoms with van der Waals surface area (Å²) < 4.78 is 0. The maximum atomic E-state index is 11.3. The molecular formula is C12H10N2O3S. The van der Waals surface area contributed by atoms with Crippen LogP contribution in [-0.4, -0.2) is 22.7 Å². The molecule has 0 fully saturated rings. The Bertz CT molecular complexity index is 503. The number of benzene rings is 1. The van der Waals surface area contributed by atoms with Gasteiger partial charge in [-0.3, -0.25) is 4.79 Å². The molecule has 0 saturated heterocycles. The first kappa shape index (κ1) is 13.8. The summed E-state index contributed by atoms with van der Waals surface area (Å²) in [5, 5.41) is 19.3. The van der Waals surface area contributed by atoms with Crippen molar-refractivity contribution in [3.05, 3.63) is 36.4 Å². The first-order chi connectivity index (χ1) is 8.61. The molecular weight excluding hydrogens is 252 g/mol. The fraction of sp³-hybridized carbons (Fsp3) is 0.0833. The van der Waals surface area contributed by atoms with Crippen molar-refractivity contribution >= 4 is 29.3 Å². The fourth-order valence-corrected chi connectivity index (χ4v) is 1.64. The Morgan fingerprint density at radius 3 is 2.56 bits per heavy atom. The van der Waals surface area contributed by atoms with Gasteiger partial charge in [0, 0.05) is 22.7 Å². The third-order valence-electron chi connectivity index (χ3n) is 1.80. The van der Waals surface area contributed by atoms with Gasteiger partial charge in [-0.05, 0) is 24.3 Å². The Labute approximate surface area is 108 Å². The lowest BCUT2D eigenvalue weighted by atomic mass is 10.3. The molecule has 1 rings (SSSR count). The Morgan fingerprint density at radius 1 is 1.33 bits per heavy atom. The molecule has 0 aliphatic heterocycles. The van der Waals surface area contributed by atoms with Gasteiger partial charge in [-0.1, -0.05) is 0 Å². The number of rotatable bonds is 5. The zero-order valence-electron chi connectivity index (χ0n) is 9.29. The number of carboxylic acid groups (broad SMARTS) is 1. The van der Waals surface area contributed by atoms with Gasteiger partial charge in [0.15, 0.2) is 0 Å². The molecule has 0 bridgehead atoms. The third-order valence-corrected chi connectivity index (χ3v) is 2.68. The van der Waals surface area contributed by atoms with Crippen molar-refractivity contribution < 1.29 is 14.7 Å². The SMILES string of the molecule is N#CCSc1ccc(NC(=O)/C=C/C(=O)O)cc1. The Balaban J connectivity index is 2.56. The van der Waals surface area contributed by atoms with Gasteiger partial charge in [0.2, 0.25) is 5.91 Å². The Morgan fingerprint density at radius 2 is 2.00 bits per heavy atom. The molecule has 0 saturated carbocycles. The quantitative estimate of drug-likeness (QED) is 0.624. The van der Waals surface area contributed by atoms with Gasteiger partial charge >= 0.3 is 5.97 Å². The molecule has 0 heterocycles. The van der Waals surface area contributed by atoms with E-state index in [0.29, 0.717) is 11.4 Å². The number of thioether (sulfide) groups is 1. The first-order valence-corrected chi connectivity index (χ1v) is 5.92. The molecule has 0 aliphatic rings. The van der Waals surface area contributed by atoms with Crippen molar-refractivity contribution in [2.75, 3.05) is 11.1 Å². The highest BCUT2D eigenvalue weighted by molar-refractivity contribution is 7.99. The van der Waals surface area contributed by atoms with Gasteiger partial charge in [0.25, 0.3) is 0 Å². The zero-order chi connectivity index (χ0) is 13.4. The smallest absolute Gasteiger partial charge is 0.328 e. The number of hydrogen-bond acceptors (Lipinski definition) is 4. The van der Waals surface area contributed by atoms with E-state index in [9.17, 15) is 9.59 Å². The van der Waals surface area contributed by atoms with Gasteiger partial charge in [0.05, 0.1) is 11.8 Å². The second-order valence-electron chi connectivity index (χ2n) is 3.13. The Hall–Kier alpha value is -2.26. The number of nitrogens with one attached hydrogen (secondary N) is 1. The normalized spacial score (nSPS) is 9.94. The van der Waals surface area contributed by atoms with Crippen LogP contribution in [-0.2, 0) is 9.59 Å². The van der Waals surface area contributed by atoms with Crippen LogP contribution in [0.25, 0.3) is 0 Å². The summed E-state index contributed by atoms with van der Waals surface area (Å²) in [6.45, 7) is 0. The maximum absolute atomic E-state index is 11.3. The number of nitriles is 1. The molecule has 0 aromatic heterocycles. The highest BCUT2D eigenvalue weighted by Crippen LogP contribution is 2.19. The summed E-state index contributed by atoms with van der Waals surface area (Å²) >= 11 is 1.40. The van der Waals surface area contributed by atoms with Gasteiger partial charge in [-0.25, -0.2) is 4.79 Å². The molecule has 0 radical (unpaired) electrons.